The van der Waals surface area contributed by atoms with Crippen LogP contribution >= 0.6 is 11.1 Å². The van der Waals surface area contributed by atoms with Gasteiger partial charge in [0.15, 0.2) is 0 Å². The lowest BCUT2D eigenvalue weighted by molar-refractivity contribution is 0.375. The van der Waals surface area contributed by atoms with Crippen molar-refractivity contribution in [1.29, 1.82) is 0 Å². The van der Waals surface area contributed by atoms with Crippen molar-refractivity contribution < 1.29 is 4.43 Å². The normalized spacial score (nSPS) is 12.4. The van der Waals surface area contributed by atoms with Gasteiger partial charge in [0.25, 0.3) is 0 Å². The van der Waals surface area contributed by atoms with Crippen LogP contribution in [0.5, 0.6) is 0 Å². The van der Waals surface area contributed by atoms with Crippen LogP contribution in [0.3, 0.4) is 0 Å². The molecule has 0 bridgehead atoms. The number of rotatable bonds is 1. The predicted molar refractivity (Wildman–Crippen MR) is 50.4 cm³/mol. The van der Waals surface area contributed by atoms with Crippen LogP contribution in [0.25, 0.3) is 0 Å². The smallest absolute Gasteiger partial charge is 0.145 e. The Bertz CT molecular complexity index is 31.0. The van der Waals surface area contributed by atoms with Gasteiger partial charge in [-0.3, -0.25) is 0 Å². The van der Waals surface area contributed by atoms with Crippen LogP contribution in [0.15, 0.2) is 0 Å². The maximum absolute atomic E-state index is 5.48. The molecule has 0 radical (unpaired) electrons. The van der Waals surface area contributed by atoms with E-state index in [0.717, 1.165) is 17.1 Å². The summed E-state index contributed by atoms with van der Waals surface area (Å²) in [4.78, 5) is 0. The molecule has 0 aromatic rings. The average molecular weight is 187 g/mol. The highest BCUT2D eigenvalue weighted by atomic mass is 35.6. The maximum atomic E-state index is 5.48. The first-order valence-corrected chi connectivity index (χ1v) is 11.1. The Labute approximate surface area is 63.8 Å². The molecule has 8 heavy (non-hydrogen) atoms. The van der Waals surface area contributed by atoms with Crippen molar-refractivity contribution in [3.05, 3.63) is 0 Å². The third-order valence-corrected chi connectivity index (χ3v) is 0.866. The molecule has 5 heteroatoms. The van der Waals surface area contributed by atoms with E-state index < -0.39 is 7.62 Å². The Morgan fingerprint density at radius 2 is 1.88 bits per heavy atom. The molecule has 0 amide bonds. The Morgan fingerprint density at radius 1 is 1.75 bits per heavy atom. The van der Waals surface area contributed by atoms with Crippen molar-refractivity contribution in [1.82, 2.24) is 0 Å². The fourth-order valence-electron chi connectivity index (χ4n) is 0. The van der Waals surface area contributed by atoms with E-state index in [1.807, 2.05) is 6.92 Å². The maximum Gasteiger partial charge on any atom is 0.145 e. The van der Waals surface area contributed by atoms with Crippen molar-refractivity contribution in [2.24, 2.45) is 0 Å². The van der Waals surface area contributed by atoms with E-state index in [0.29, 0.717) is 0 Å². The monoisotopic (exact) mass is 186 g/mol. The molecule has 0 aliphatic heterocycles. The molecule has 0 N–H and O–H groups in total. The van der Waals surface area contributed by atoms with Gasteiger partial charge in [-0.15, -0.1) is 0 Å². The van der Waals surface area contributed by atoms with Gasteiger partial charge in [0, 0.05) is 16.4 Å². The van der Waals surface area contributed by atoms with Gasteiger partial charge in [-0.2, -0.15) is 11.1 Å². The van der Waals surface area contributed by atoms with Crippen molar-refractivity contribution >= 4 is 38.9 Å². The first-order valence-electron chi connectivity index (χ1n) is 2.78. The van der Waals surface area contributed by atoms with Gasteiger partial charge in [-0.25, -0.2) is 0 Å². The second-order valence-corrected chi connectivity index (χ2v) is 14.2. The summed E-state index contributed by atoms with van der Waals surface area (Å²) in [6.07, 6.45) is 0. The van der Waals surface area contributed by atoms with Crippen LogP contribution in [0, 0.1) is 0 Å². The fourth-order valence-corrected chi connectivity index (χ4v) is 0. The average Bonchev–Trinajstić information content (AvgIpc) is 1.65. The molecule has 0 heterocycles. The van der Waals surface area contributed by atoms with Gasteiger partial charge >= 0.3 is 0 Å². The van der Waals surface area contributed by atoms with Crippen LogP contribution in [-0.2, 0) is 4.43 Å². The summed E-state index contributed by atoms with van der Waals surface area (Å²) in [7, 11) is 1.61. The Morgan fingerprint density at radius 3 is 1.88 bits per heavy atom. The van der Waals surface area contributed by atoms with Gasteiger partial charge in [0.2, 0.25) is 0 Å². The minimum absolute atomic E-state index is 0.528. The largest absolute Gasteiger partial charge is 0.428 e. The second kappa shape index (κ2) is 10.8. The predicted octanol–water partition coefficient (Wildman–Crippen LogP) is -1.26. The third kappa shape index (κ3) is 66.5. The van der Waals surface area contributed by atoms with E-state index in [1.54, 1.807) is 0 Å². The number of hydrogen-bond acceptors (Lipinski definition) is 1. The molecule has 52 valence electrons. The highest BCUT2D eigenvalue weighted by Gasteiger charge is 1.76. The van der Waals surface area contributed by atoms with Crippen molar-refractivity contribution in [3.63, 3.8) is 0 Å². The third-order valence-electron chi connectivity index (χ3n) is 0.289. The highest BCUT2D eigenvalue weighted by molar-refractivity contribution is 7.31. The van der Waals surface area contributed by atoms with Gasteiger partial charge in [0.05, 0.1) is 0 Å². The molecule has 1 nitrogen and oxygen atoms in total. The Hall–Kier alpha value is 0.901. The molecule has 0 aromatic heterocycles. The first-order chi connectivity index (χ1) is 3.65. The summed E-state index contributed by atoms with van der Waals surface area (Å²) < 4.78 is 4.68. The quantitative estimate of drug-likeness (QED) is 0.367. The van der Waals surface area contributed by atoms with Crippen LogP contribution < -0.4 is 0 Å². The molecule has 0 fully saturated rings. The first kappa shape index (κ1) is 11.7. The summed E-state index contributed by atoms with van der Waals surface area (Å²) in [5.41, 5.74) is 0. The fraction of sp³-hybridized carbons (Fsp3) is 1.00. The molecule has 0 aliphatic carbocycles. The molecule has 0 rings (SSSR count). The van der Waals surface area contributed by atoms with Gasteiger partial charge < -0.3 is 4.43 Å². The van der Waals surface area contributed by atoms with E-state index in [1.165, 1.54) is 9.76 Å². The SMILES string of the molecule is CCO[SiH3].C[SiH]([SiH3])Cl. The zero-order valence-electron chi connectivity index (χ0n) is 6.07. The van der Waals surface area contributed by atoms with Crippen molar-refractivity contribution in [2.75, 3.05) is 6.61 Å². The van der Waals surface area contributed by atoms with Crippen molar-refractivity contribution in [3.8, 4) is 0 Å². The number of halogens is 1. The topological polar surface area (TPSA) is 9.23 Å². The zero-order valence-corrected chi connectivity index (χ0v) is 12.0. The minimum Gasteiger partial charge on any atom is -0.428 e. The van der Waals surface area contributed by atoms with Crippen LogP contribution in [-0.4, -0.2) is 34.5 Å². The van der Waals surface area contributed by atoms with Gasteiger partial charge in [0.1, 0.15) is 18.1 Å². The lowest BCUT2D eigenvalue weighted by Crippen LogP contribution is -1.90. The van der Waals surface area contributed by atoms with E-state index >= 15 is 0 Å². The molecule has 0 aliphatic rings. The second-order valence-electron chi connectivity index (χ2n) is 1.59. The minimum atomic E-state index is -0.528. The highest BCUT2D eigenvalue weighted by Crippen LogP contribution is 1.72. The molecular formula is C3H15ClOSi3. The molecule has 0 spiro atoms. The summed E-state index contributed by atoms with van der Waals surface area (Å²) in [6.45, 7) is 5.01. The van der Waals surface area contributed by atoms with E-state index in [-0.39, 0.29) is 0 Å². The summed E-state index contributed by atoms with van der Waals surface area (Å²) >= 11 is 5.48. The molecule has 0 aromatic carbocycles. The van der Waals surface area contributed by atoms with E-state index in [4.69, 9.17) is 11.1 Å². The molecule has 0 saturated heterocycles. The molecule has 0 saturated carbocycles. The van der Waals surface area contributed by atoms with Crippen LogP contribution in [0.1, 0.15) is 6.92 Å². The van der Waals surface area contributed by atoms with E-state index in [2.05, 4.69) is 11.0 Å². The molecule has 1 unspecified atom stereocenters. The van der Waals surface area contributed by atoms with Crippen LogP contribution in [0.4, 0.5) is 0 Å². The summed E-state index contributed by atoms with van der Waals surface area (Å²) in [6, 6.07) is 0. The van der Waals surface area contributed by atoms with Gasteiger partial charge in [-0.05, 0) is 6.92 Å². The van der Waals surface area contributed by atoms with Crippen molar-refractivity contribution in [2.45, 2.75) is 13.5 Å². The Balaban J connectivity index is 0. The lowest BCUT2D eigenvalue weighted by Gasteiger charge is -1.77. The van der Waals surface area contributed by atoms with Crippen LogP contribution in [0.2, 0.25) is 6.55 Å². The number of hydrogen-bond donors (Lipinski definition) is 0. The summed E-state index contributed by atoms with van der Waals surface area (Å²) in [5, 5.41) is 0. The summed E-state index contributed by atoms with van der Waals surface area (Å²) in [5.74, 6) is 0. The van der Waals surface area contributed by atoms with E-state index in [9.17, 15) is 0 Å². The standard InChI is InChI=1S/C2H8OSi.CH7ClSi2/c1-2-3-4;1-4(2)3/h2H2,1,4H3;4H,1,3H3. The van der Waals surface area contributed by atoms with Gasteiger partial charge in [-0.1, -0.05) is 6.55 Å². The molecular weight excluding hydrogens is 172 g/mol. The lowest BCUT2D eigenvalue weighted by atomic mass is 10.9. The zero-order chi connectivity index (χ0) is 6.99. The molecule has 1 atom stereocenters. The Kier molecular flexibility index (Phi) is 15.8.